The minimum atomic E-state index is 0.409. The summed E-state index contributed by atoms with van der Waals surface area (Å²) in [5.74, 6) is 0. The van der Waals surface area contributed by atoms with E-state index in [1.807, 2.05) is 11.8 Å². The highest BCUT2D eigenvalue weighted by atomic mass is 32.2. The molecule has 0 amide bonds. The zero-order valence-corrected chi connectivity index (χ0v) is 12.2. The van der Waals surface area contributed by atoms with Gasteiger partial charge < -0.3 is 5.32 Å². The van der Waals surface area contributed by atoms with Gasteiger partial charge in [-0.3, -0.25) is 0 Å². The molecule has 0 unspecified atom stereocenters. The summed E-state index contributed by atoms with van der Waals surface area (Å²) in [5.41, 5.74) is 3.97. The second kappa shape index (κ2) is 5.30. The Labute approximate surface area is 119 Å². The molecule has 2 aromatic rings. The van der Waals surface area contributed by atoms with Gasteiger partial charge in [0.05, 0.1) is 6.04 Å². The Balaban J connectivity index is 1.93. The number of fused-ring (bicyclic) bond motifs is 1. The third kappa shape index (κ3) is 2.79. The van der Waals surface area contributed by atoms with Gasteiger partial charge in [0, 0.05) is 15.8 Å². The largest absolute Gasteiger partial charge is 0.377 e. The number of rotatable bonds is 1. The van der Waals surface area contributed by atoms with E-state index < -0.39 is 0 Å². The number of para-hydroxylation sites is 1. The quantitative estimate of drug-likeness (QED) is 0.779. The molecule has 3 rings (SSSR count). The Hall–Kier alpha value is -1.41. The van der Waals surface area contributed by atoms with Crippen LogP contribution in [-0.2, 0) is 0 Å². The average Bonchev–Trinajstić information content (AvgIpc) is 2.57. The van der Waals surface area contributed by atoms with Crippen molar-refractivity contribution < 1.29 is 0 Å². The van der Waals surface area contributed by atoms with Gasteiger partial charge in [0.1, 0.15) is 0 Å². The summed E-state index contributed by atoms with van der Waals surface area (Å²) in [6.07, 6.45) is 1.16. The van der Waals surface area contributed by atoms with Crippen molar-refractivity contribution in [1.29, 1.82) is 0 Å². The van der Waals surface area contributed by atoms with Crippen LogP contribution in [0.15, 0.2) is 53.4 Å². The molecule has 0 spiro atoms. The summed E-state index contributed by atoms with van der Waals surface area (Å²) in [4.78, 5) is 1.37. The third-order valence-electron chi connectivity index (χ3n) is 3.59. The number of aryl methyl sites for hydroxylation is 1. The van der Waals surface area contributed by atoms with Crippen LogP contribution in [0.2, 0.25) is 0 Å². The maximum Gasteiger partial charge on any atom is 0.0524 e. The molecule has 0 saturated carbocycles. The van der Waals surface area contributed by atoms with E-state index in [1.165, 1.54) is 21.7 Å². The van der Waals surface area contributed by atoms with Crippen LogP contribution in [0.1, 0.15) is 30.5 Å². The van der Waals surface area contributed by atoms with Crippen LogP contribution in [0, 0.1) is 6.92 Å². The molecule has 1 N–H and O–H groups in total. The van der Waals surface area contributed by atoms with Crippen molar-refractivity contribution in [2.75, 3.05) is 5.32 Å². The van der Waals surface area contributed by atoms with Crippen LogP contribution in [0.4, 0.5) is 5.69 Å². The van der Waals surface area contributed by atoms with Gasteiger partial charge in [0.15, 0.2) is 0 Å². The number of thioether (sulfide) groups is 1. The molecule has 1 nitrogen and oxygen atoms in total. The average molecular weight is 269 g/mol. The first-order valence-corrected chi connectivity index (χ1v) is 7.69. The fraction of sp³-hybridized carbons (Fsp3) is 0.294. The topological polar surface area (TPSA) is 12.0 Å². The van der Waals surface area contributed by atoms with Crippen molar-refractivity contribution in [3.8, 4) is 0 Å². The zero-order valence-electron chi connectivity index (χ0n) is 11.4. The van der Waals surface area contributed by atoms with Gasteiger partial charge in [-0.15, -0.1) is 11.8 Å². The van der Waals surface area contributed by atoms with E-state index in [2.05, 4.69) is 67.7 Å². The summed E-state index contributed by atoms with van der Waals surface area (Å²) >= 11 is 1.97. The van der Waals surface area contributed by atoms with Crippen LogP contribution in [0.5, 0.6) is 0 Å². The minimum Gasteiger partial charge on any atom is -0.377 e. The maximum atomic E-state index is 3.70. The van der Waals surface area contributed by atoms with Crippen LogP contribution >= 0.6 is 11.8 Å². The van der Waals surface area contributed by atoms with Crippen molar-refractivity contribution in [1.82, 2.24) is 0 Å². The van der Waals surface area contributed by atoms with E-state index in [9.17, 15) is 0 Å². The summed E-state index contributed by atoms with van der Waals surface area (Å²) in [7, 11) is 0. The lowest BCUT2D eigenvalue weighted by atomic mass is 10.0. The molecular weight excluding hydrogens is 250 g/mol. The molecule has 98 valence electrons. The SMILES string of the molecule is Cc1ccc([C@H]2C[C@H](C)Sc3ccccc3N2)cc1. The second-order valence-electron chi connectivity index (χ2n) is 5.27. The fourth-order valence-electron chi connectivity index (χ4n) is 2.55. The molecule has 0 radical (unpaired) electrons. The lowest BCUT2D eigenvalue weighted by Crippen LogP contribution is -2.12. The van der Waals surface area contributed by atoms with Crippen LogP contribution < -0.4 is 5.32 Å². The number of anilines is 1. The highest BCUT2D eigenvalue weighted by molar-refractivity contribution is 8.00. The summed E-state index contributed by atoms with van der Waals surface area (Å²) < 4.78 is 0. The standard InChI is InChI=1S/C17H19NS/c1-12-7-9-14(10-8-12)16-11-13(2)19-17-6-4-3-5-15(17)18-16/h3-10,13,16,18H,11H2,1-2H3/t13-,16+/m0/s1. The predicted octanol–water partition coefficient (Wildman–Crippen LogP) is 5.03. The zero-order chi connectivity index (χ0) is 13.2. The first kappa shape index (κ1) is 12.6. The van der Waals surface area contributed by atoms with E-state index in [0.29, 0.717) is 11.3 Å². The molecule has 2 atom stereocenters. The van der Waals surface area contributed by atoms with E-state index in [4.69, 9.17) is 0 Å². The Morgan fingerprint density at radius 3 is 2.58 bits per heavy atom. The van der Waals surface area contributed by atoms with E-state index in [1.54, 1.807) is 0 Å². The van der Waals surface area contributed by atoms with Crippen LogP contribution in [0.3, 0.4) is 0 Å². The number of hydrogen-bond donors (Lipinski definition) is 1. The number of nitrogens with one attached hydrogen (secondary N) is 1. The summed E-state index contributed by atoms with van der Waals surface area (Å²) in [5, 5.41) is 4.33. The molecule has 1 aliphatic rings. The minimum absolute atomic E-state index is 0.409. The second-order valence-corrected chi connectivity index (χ2v) is 6.75. The van der Waals surface area contributed by atoms with Crippen molar-refractivity contribution in [2.45, 2.75) is 36.5 Å². The van der Waals surface area contributed by atoms with E-state index >= 15 is 0 Å². The smallest absolute Gasteiger partial charge is 0.0524 e. The molecule has 0 fully saturated rings. The van der Waals surface area contributed by atoms with Gasteiger partial charge >= 0.3 is 0 Å². The molecule has 0 bridgehead atoms. The number of benzene rings is 2. The Kier molecular flexibility index (Phi) is 3.52. The van der Waals surface area contributed by atoms with Crippen molar-refractivity contribution >= 4 is 17.4 Å². The van der Waals surface area contributed by atoms with Crippen LogP contribution in [0.25, 0.3) is 0 Å². The molecule has 1 heterocycles. The van der Waals surface area contributed by atoms with Gasteiger partial charge in [0.25, 0.3) is 0 Å². The highest BCUT2D eigenvalue weighted by Crippen LogP contribution is 2.40. The Morgan fingerprint density at radius 2 is 1.79 bits per heavy atom. The molecule has 19 heavy (non-hydrogen) atoms. The molecule has 0 aliphatic carbocycles. The molecule has 2 heteroatoms. The van der Waals surface area contributed by atoms with Crippen LogP contribution in [-0.4, -0.2) is 5.25 Å². The fourth-order valence-corrected chi connectivity index (χ4v) is 3.68. The van der Waals surface area contributed by atoms with Gasteiger partial charge in [-0.05, 0) is 31.0 Å². The molecule has 2 aromatic carbocycles. The Bertz CT molecular complexity index is 562. The maximum absolute atomic E-state index is 3.70. The lowest BCUT2D eigenvalue weighted by molar-refractivity contribution is 0.694. The van der Waals surface area contributed by atoms with Gasteiger partial charge in [-0.1, -0.05) is 48.9 Å². The summed E-state index contributed by atoms with van der Waals surface area (Å²) in [6, 6.07) is 17.9. The predicted molar refractivity (Wildman–Crippen MR) is 83.9 cm³/mol. The Morgan fingerprint density at radius 1 is 1.05 bits per heavy atom. The number of hydrogen-bond acceptors (Lipinski definition) is 2. The first-order valence-electron chi connectivity index (χ1n) is 6.81. The van der Waals surface area contributed by atoms with Crippen molar-refractivity contribution in [3.63, 3.8) is 0 Å². The molecule has 1 aliphatic heterocycles. The van der Waals surface area contributed by atoms with Gasteiger partial charge in [-0.25, -0.2) is 0 Å². The molecular formula is C17H19NS. The third-order valence-corrected chi connectivity index (χ3v) is 4.80. The first-order chi connectivity index (χ1) is 9.22. The normalized spacial score (nSPS) is 22.2. The molecule has 0 aromatic heterocycles. The van der Waals surface area contributed by atoms with Gasteiger partial charge in [-0.2, -0.15) is 0 Å². The van der Waals surface area contributed by atoms with E-state index in [-0.39, 0.29) is 0 Å². The van der Waals surface area contributed by atoms with Crippen molar-refractivity contribution in [3.05, 3.63) is 59.7 Å². The van der Waals surface area contributed by atoms with Crippen molar-refractivity contribution in [2.24, 2.45) is 0 Å². The monoisotopic (exact) mass is 269 g/mol. The van der Waals surface area contributed by atoms with Gasteiger partial charge in [0.2, 0.25) is 0 Å². The lowest BCUT2D eigenvalue weighted by Gasteiger charge is -2.19. The van der Waals surface area contributed by atoms with E-state index in [0.717, 1.165) is 6.42 Å². The molecule has 0 saturated heterocycles. The highest BCUT2D eigenvalue weighted by Gasteiger charge is 2.21. The summed E-state index contributed by atoms with van der Waals surface area (Å²) in [6.45, 7) is 4.45.